The summed E-state index contributed by atoms with van der Waals surface area (Å²) in [5.74, 6) is 1.62. The Hall–Kier alpha value is -1.84. The van der Waals surface area contributed by atoms with Gasteiger partial charge in [-0.25, -0.2) is 4.98 Å². The molecule has 0 atom stereocenters. The van der Waals surface area contributed by atoms with Gasteiger partial charge >= 0.3 is 0 Å². The molecular formula is C15H21N3O. The van der Waals surface area contributed by atoms with Crippen LogP contribution in [0.2, 0.25) is 0 Å². The summed E-state index contributed by atoms with van der Waals surface area (Å²) in [4.78, 5) is 19.3. The van der Waals surface area contributed by atoms with Crippen molar-refractivity contribution in [2.45, 2.75) is 33.1 Å². The average molecular weight is 259 g/mol. The van der Waals surface area contributed by atoms with Crippen LogP contribution in [0.3, 0.4) is 0 Å². The van der Waals surface area contributed by atoms with Crippen molar-refractivity contribution < 1.29 is 4.79 Å². The molecule has 0 saturated heterocycles. The zero-order chi connectivity index (χ0) is 13.7. The van der Waals surface area contributed by atoms with Gasteiger partial charge in [-0.15, -0.1) is 0 Å². The number of nitrogens with one attached hydrogen (secondary N) is 2. The third-order valence-electron chi connectivity index (χ3n) is 3.07. The molecule has 0 radical (unpaired) electrons. The van der Waals surface area contributed by atoms with Crippen LogP contribution in [0.4, 0.5) is 0 Å². The minimum atomic E-state index is 0.129. The number of aromatic nitrogens is 2. The van der Waals surface area contributed by atoms with Crippen LogP contribution in [0, 0.1) is 5.92 Å². The Morgan fingerprint density at radius 1 is 1.37 bits per heavy atom. The molecule has 0 aliphatic rings. The highest BCUT2D eigenvalue weighted by molar-refractivity contribution is 5.76. The van der Waals surface area contributed by atoms with Crippen LogP contribution in [-0.4, -0.2) is 22.4 Å². The van der Waals surface area contributed by atoms with Crippen molar-refractivity contribution in [2.24, 2.45) is 5.92 Å². The summed E-state index contributed by atoms with van der Waals surface area (Å²) in [5.41, 5.74) is 2.02. The van der Waals surface area contributed by atoms with E-state index in [9.17, 15) is 4.79 Å². The third kappa shape index (κ3) is 4.09. The van der Waals surface area contributed by atoms with E-state index in [4.69, 9.17) is 0 Å². The second kappa shape index (κ2) is 6.36. The topological polar surface area (TPSA) is 57.8 Å². The van der Waals surface area contributed by atoms with Gasteiger partial charge in [0.15, 0.2) is 0 Å². The molecule has 0 spiro atoms. The molecule has 4 heteroatoms. The van der Waals surface area contributed by atoms with Gasteiger partial charge in [0.25, 0.3) is 0 Å². The fraction of sp³-hybridized carbons (Fsp3) is 0.467. The van der Waals surface area contributed by atoms with Gasteiger partial charge in [-0.05, 0) is 24.5 Å². The zero-order valence-corrected chi connectivity index (χ0v) is 11.6. The van der Waals surface area contributed by atoms with E-state index in [-0.39, 0.29) is 5.91 Å². The van der Waals surface area contributed by atoms with Gasteiger partial charge in [-0.2, -0.15) is 0 Å². The van der Waals surface area contributed by atoms with Crippen LogP contribution in [0.25, 0.3) is 11.0 Å². The predicted molar refractivity (Wildman–Crippen MR) is 76.9 cm³/mol. The molecule has 1 aromatic carbocycles. The number of hydrogen-bond donors (Lipinski definition) is 2. The molecule has 19 heavy (non-hydrogen) atoms. The number of nitrogens with zero attached hydrogens (tertiary/aromatic N) is 1. The predicted octanol–water partition coefficient (Wildman–Crippen LogP) is 2.66. The SMILES string of the molecule is CC(C)CCC(=O)NCCc1nc2ccccc2[nH]1. The number of aromatic amines is 1. The average Bonchev–Trinajstić information content (AvgIpc) is 2.79. The van der Waals surface area contributed by atoms with Gasteiger partial charge in [-0.3, -0.25) is 4.79 Å². The van der Waals surface area contributed by atoms with Crippen LogP contribution in [0.15, 0.2) is 24.3 Å². The van der Waals surface area contributed by atoms with E-state index in [1.807, 2.05) is 24.3 Å². The lowest BCUT2D eigenvalue weighted by Gasteiger charge is -2.05. The van der Waals surface area contributed by atoms with Crippen molar-refractivity contribution in [3.05, 3.63) is 30.1 Å². The number of para-hydroxylation sites is 2. The summed E-state index contributed by atoms with van der Waals surface area (Å²) in [6, 6.07) is 7.95. The number of H-pyrrole nitrogens is 1. The van der Waals surface area contributed by atoms with Crippen LogP contribution < -0.4 is 5.32 Å². The minimum absolute atomic E-state index is 0.129. The first-order valence-electron chi connectivity index (χ1n) is 6.85. The molecule has 2 N–H and O–H groups in total. The molecule has 0 unspecified atom stereocenters. The van der Waals surface area contributed by atoms with Crippen LogP contribution in [-0.2, 0) is 11.2 Å². The van der Waals surface area contributed by atoms with Gasteiger partial charge in [-0.1, -0.05) is 26.0 Å². The Balaban J connectivity index is 1.77. The Labute approximate surface area is 113 Å². The highest BCUT2D eigenvalue weighted by Crippen LogP contribution is 2.10. The fourth-order valence-corrected chi connectivity index (χ4v) is 1.95. The number of amides is 1. The van der Waals surface area contributed by atoms with Crippen LogP contribution >= 0.6 is 0 Å². The molecule has 102 valence electrons. The van der Waals surface area contributed by atoms with Crippen molar-refractivity contribution in [1.29, 1.82) is 0 Å². The first-order chi connectivity index (χ1) is 9.15. The first kappa shape index (κ1) is 13.6. The van der Waals surface area contributed by atoms with Gasteiger partial charge in [0.1, 0.15) is 5.82 Å². The lowest BCUT2D eigenvalue weighted by atomic mass is 10.1. The number of carbonyl (C=O) groups excluding carboxylic acids is 1. The summed E-state index contributed by atoms with van der Waals surface area (Å²) in [6.45, 7) is 4.89. The van der Waals surface area contributed by atoms with Gasteiger partial charge in [0.2, 0.25) is 5.91 Å². The molecule has 2 rings (SSSR count). The molecule has 1 heterocycles. The van der Waals surface area contributed by atoms with Crippen molar-refractivity contribution in [2.75, 3.05) is 6.54 Å². The Bertz CT molecular complexity index is 512. The molecule has 0 aliphatic carbocycles. The maximum absolute atomic E-state index is 11.6. The van der Waals surface area contributed by atoms with Crippen molar-refractivity contribution in [3.63, 3.8) is 0 Å². The van der Waals surface area contributed by atoms with E-state index in [0.29, 0.717) is 18.9 Å². The molecule has 1 amide bonds. The van der Waals surface area contributed by atoms with Gasteiger partial charge in [0, 0.05) is 19.4 Å². The maximum atomic E-state index is 11.6. The quantitative estimate of drug-likeness (QED) is 0.838. The van der Waals surface area contributed by atoms with Crippen LogP contribution in [0.5, 0.6) is 0 Å². The van der Waals surface area contributed by atoms with Crippen molar-refractivity contribution in [3.8, 4) is 0 Å². The van der Waals surface area contributed by atoms with Gasteiger partial charge < -0.3 is 10.3 Å². The highest BCUT2D eigenvalue weighted by atomic mass is 16.1. The van der Waals surface area contributed by atoms with E-state index in [2.05, 4.69) is 29.1 Å². The van der Waals surface area contributed by atoms with Crippen molar-refractivity contribution >= 4 is 16.9 Å². The Morgan fingerprint density at radius 2 is 2.16 bits per heavy atom. The molecular weight excluding hydrogens is 238 g/mol. The molecule has 4 nitrogen and oxygen atoms in total. The number of benzene rings is 1. The number of carbonyl (C=O) groups is 1. The Morgan fingerprint density at radius 3 is 2.89 bits per heavy atom. The minimum Gasteiger partial charge on any atom is -0.356 e. The second-order valence-electron chi connectivity index (χ2n) is 5.23. The van der Waals surface area contributed by atoms with E-state index < -0.39 is 0 Å². The highest BCUT2D eigenvalue weighted by Gasteiger charge is 2.05. The third-order valence-corrected chi connectivity index (χ3v) is 3.07. The maximum Gasteiger partial charge on any atom is 0.220 e. The molecule has 1 aromatic heterocycles. The lowest BCUT2D eigenvalue weighted by Crippen LogP contribution is -2.25. The second-order valence-corrected chi connectivity index (χ2v) is 5.23. The Kier molecular flexibility index (Phi) is 4.55. The van der Waals surface area contributed by atoms with Crippen LogP contribution in [0.1, 0.15) is 32.5 Å². The summed E-state index contributed by atoms with van der Waals surface area (Å²) in [6.07, 6.45) is 2.29. The number of imidazole rings is 1. The summed E-state index contributed by atoms with van der Waals surface area (Å²) >= 11 is 0. The number of fused-ring (bicyclic) bond motifs is 1. The normalized spacial score (nSPS) is 11.1. The fourth-order valence-electron chi connectivity index (χ4n) is 1.95. The standard InChI is InChI=1S/C15H21N3O/c1-11(2)7-8-15(19)16-10-9-14-17-12-5-3-4-6-13(12)18-14/h3-6,11H,7-10H2,1-2H3,(H,16,19)(H,17,18). The molecule has 2 aromatic rings. The van der Waals surface area contributed by atoms with E-state index in [1.165, 1.54) is 0 Å². The largest absolute Gasteiger partial charge is 0.356 e. The number of rotatable bonds is 6. The lowest BCUT2D eigenvalue weighted by molar-refractivity contribution is -0.121. The first-order valence-corrected chi connectivity index (χ1v) is 6.85. The van der Waals surface area contributed by atoms with E-state index in [0.717, 1.165) is 29.7 Å². The smallest absolute Gasteiger partial charge is 0.220 e. The molecule has 0 aliphatic heterocycles. The molecule has 0 bridgehead atoms. The summed E-state index contributed by atoms with van der Waals surface area (Å²) in [7, 11) is 0. The number of hydrogen-bond acceptors (Lipinski definition) is 2. The van der Waals surface area contributed by atoms with E-state index >= 15 is 0 Å². The summed E-state index contributed by atoms with van der Waals surface area (Å²) < 4.78 is 0. The van der Waals surface area contributed by atoms with E-state index in [1.54, 1.807) is 0 Å². The monoisotopic (exact) mass is 259 g/mol. The van der Waals surface area contributed by atoms with Crippen molar-refractivity contribution in [1.82, 2.24) is 15.3 Å². The zero-order valence-electron chi connectivity index (χ0n) is 11.6. The molecule has 0 saturated carbocycles. The molecule has 0 fully saturated rings. The summed E-state index contributed by atoms with van der Waals surface area (Å²) in [5, 5.41) is 2.93. The van der Waals surface area contributed by atoms with Gasteiger partial charge in [0.05, 0.1) is 11.0 Å².